The topological polar surface area (TPSA) is 42.0 Å². The van der Waals surface area contributed by atoms with Crippen molar-refractivity contribution in [1.29, 1.82) is 0 Å². The number of carbonyl (C=O) groups is 1. The molecule has 6 heteroatoms. The standard InChI is InChI=1S/C31H35FN2O3/c1-21-20-36-31(37-21)29-19-34(30(35)28-8-4-6-24-5-2-3-7-27(24)28)18-25(29)17-33-15-13-23(14-16-33)22-9-11-26(32)12-10-22/h2-12,21,23,25,29,31H,13-20H2,1H3/t21?,25-,29-,31?/m1/s1. The molecule has 3 aromatic rings. The molecule has 5 nitrogen and oxygen atoms in total. The zero-order chi connectivity index (χ0) is 25.4. The van der Waals surface area contributed by atoms with Crippen LogP contribution in [-0.4, -0.2) is 67.4 Å². The van der Waals surface area contributed by atoms with Gasteiger partial charge in [0.2, 0.25) is 0 Å². The Kier molecular flexibility index (Phi) is 6.98. The molecular formula is C31H35FN2O3. The molecule has 3 aliphatic rings. The Balaban J connectivity index is 1.16. The van der Waals surface area contributed by atoms with Crippen LogP contribution in [0, 0.1) is 17.7 Å². The second-order valence-corrected chi connectivity index (χ2v) is 10.9. The summed E-state index contributed by atoms with van der Waals surface area (Å²) < 4.78 is 25.5. The number of piperidine rings is 1. The summed E-state index contributed by atoms with van der Waals surface area (Å²) in [7, 11) is 0. The predicted molar refractivity (Wildman–Crippen MR) is 142 cm³/mol. The number of amides is 1. The summed E-state index contributed by atoms with van der Waals surface area (Å²) in [6, 6.07) is 21.0. The highest BCUT2D eigenvalue weighted by molar-refractivity contribution is 6.07. The summed E-state index contributed by atoms with van der Waals surface area (Å²) in [5.41, 5.74) is 1.99. The Hall–Kier alpha value is -2.80. The third-order valence-corrected chi connectivity index (χ3v) is 8.43. The first-order valence-electron chi connectivity index (χ1n) is 13.6. The summed E-state index contributed by atoms with van der Waals surface area (Å²) in [5, 5.41) is 2.08. The molecule has 194 valence electrons. The number of fused-ring (bicyclic) bond motifs is 1. The number of hydrogen-bond acceptors (Lipinski definition) is 4. The Morgan fingerprint density at radius 1 is 0.973 bits per heavy atom. The van der Waals surface area contributed by atoms with Crippen LogP contribution < -0.4 is 0 Å². The lowest BCUT2D eigenvalue weighted by molar-refractivity contribution is -0.102. The highest BCUT2D eigenvalue weighted by atomic mass is 19.1. The van der Waals surface area contributed by atoms with E-state index in [4.69, 9.17) is 9.47 Å². The average molecular weight is 503 g/mol. The maximum atomic E-state index is 13.8. The van der Waals surface area contributed by atoms with Gasteiger partial charge in [-0.25, -0.2) is 4.39 Å². The fraction of sp³-hybridized carbons (Fsp3) is 0.452. The molecule has 4 atom stereocenters. The summed E-state index contributed by atoms with van der Waals surface area (Å²) in [4.78, 5) is 18.3. The van der Waals surface area contributed by atoms with E-state index in [1.807, 2.05) is 54.3 Å². The van der Waals surface area contributed by atoms with Gasteiger partial charge in [-0.05, 0) is 79.2 Å². The van der Waals surface area contributed by atoms with Crippen LogP contribution in [0.1, 0.15) is 41.6 Å². The SMILES string of the molecule is CC1COC([C@@H]2CN(C(=O)c3cccc4ccccc34)C[C@H]2CN2CCC(c3ccc(F)cc3)CC2)O1. The van der Waals surface area contributed by atoms with E-state index in [0.717, 1.165) is 48.8 Å². The molecule has 3 saturated heterocycles. The number of halogens is 1. The van der Waals surface area contributed by atoms with Gasteiger partial charge in [-0.2, -0.15) is 0 Å². The van der Waals surface area contributed by atoms with Crippen LogP contribution in [0.2, 0.25) is 0 Å². The quantitative estimate of drug-likeness (QED) is 0.474. The fourth-order valence-corrected chi connectivity index (χ4v) is 6.42. The molecule has 0 N–H and O–H groups in total. The second kappa shape index (κ2) is 10.5. The van der Waals surface area contributed by atoms with Crippen molar-refractivity contribution >= 4 is 16.7 Å². The first-order chi connectivity index (χ1) is 18.0. The van der Waals surface area contributed by atoms with E-state index in [-0.39, 0.29) is 36.0 Å². The molecule has 2 unspecified atom stereocenters. The third kappa shape index (κ3) is 5.15. The van der Waals surface area contributed by atoms with Crippen LogP contribution in [0.5, 0.6) is 0 Å². The zero-order valence-electron chi connectivity index (χ0n) is 21.4. The molecule has 1 amide bonds. The third-order valence-electron chi connectivity index (χ3n) is 8.43. The van der Waals surface area contributed by atoms with Gasteiger partial charge in [-0.15, -0.1) is 0 Å². The molecule has 0 spiro atoms. The Labute approximate surface area is 218 Å². The van der Waals surface area contributed by atoms with Gasteiger partial charge in [0.25, 0.3) is 5.91 Å². The van der Waals surface area contributed by atoms with E-state index >= 15 is 0 Å². The van der Waals surface area contributed by atoms with Crippen molar-refractivity contribution in [3.63, 3.8) is 0 Å². The highest BCUT2D eigenvalue weighted by Crippen LogP contribution is 2.35. The van der Waals surface area contributed by atoms with Gasteiger partial charge >= 0.3 is 0 Å². The summed E-state index contributed by atoms with van der Waals surface area (Å²) in [5.74, 6) is 0.824. The molecule has 3 aromatic carbocycles. The molecule has 3 fully saturated rings. The average Bonchev–Trinajstić information content (AvgIpc) is 3.55. The van der Waals surface area contributed by atoms with Crippen LogP contribution in [0.3, 0.4) is 0 Å². The number of hydrogen-bond donors (Lipinski definition) is 0. The number of nitrogens with zero attached hydrogens (tertiary/aromatic N) is 2. The van der Waals surface area contributed by atoms with Gasteiger partial charge in [0, 0.05) is 31.1 Å². The van der Waals surface area contributed by atoms with Gasteiger partial charge < -0.3 is 19.3 Å². The summed E-state index contributed by atoms with van der Waals surface area (Å²) in [6.45, 7) is 6.95. The van der Waals surface area contributed by atoms with E-state index < -0.39 is 0 Å². The maximum Gasteiger partial charge on any atom is 0.254 e. The fourth-order valence-electron chi connectivity index (χ4n) is 6.42. The number of carbonyl (C=O) groups excluding carboxylic acids is 1. The number of likely N-dealkylation sites (tertiary alicyclic amines) is 2. The Bertz CT molecular complexity index is 1240. The smallest absolute Gasteiger partial charge is 0.254 e. The number of benzene rings is 3. The van der Waals surface area contributed by atoms with E-state index in [9.17, 15) is 9.18 Å². The lowest BCUT2D eigenvalue weighted by Crippen LogP contribution is -2.40. The molecule has 3 heterocycles. The van der Waals surface area contributed by atoms with Crippen molar-refractivity contribution in [2.24, 2.45) is 11.8 Å². The van der Waals surface area contributed by atoms with Gasteiger partial charge in [0.05, 0.1) is 12.7 Å². The van der Waals surface area contributed by atoms with Gasteiger partial charge in [-0.1, -0.05) is 48.5 Å². The van der Waals surface area contributed by atoms with Crippen molar-refractivity contribution in [2.45, 2.75) is 38.1 Å². The second-order valence-electron chi connectivity index (χ2n) is 10.9. The molecule has 0 saturated carbocycles. The molecule has 3 aliphatic heterocycles. The molecule has 6 rings (SSSR count). The lowest BCUT2D eigenvalue weighted by atomic mass is 9.88. The van der Waals surface area contributed by atoms with Crippen molar-refractivity contribution in [3.05, 3.63) is 83.7 Å². The Morgan fingerprint density at radius 3 is 2.49 bits per heavy atom. The van der Waals surface area contributed by atoms with Crippen LogP contribution >= 0.6 is 0 Å². The van der Waals surface area contributed by atoms with E-state index in [1.54, 1.807) is 12.1 Å². The van der Waals surface area contributed by atoms with Crippen molar-refractivity contribution in [3.8, 4) is 0 Å². The minimum Gasteiger partial charge on any atom is -0.350 e. The predicted octanol–water partition coefficient (Wildman–Crippen LogP) is 5.31. The van der Waals surface area contributed by atoms with Crippen molar-refractivity contribution in [2.75, 3.05) is 39.3 Å². The van der Waals surface area contributed by atoms with Crippen molar-refractivity contribution in [1.82, 2.24) is 9.80 Å². The van der Waals surface area contributed by atoms with E-state index in [2.05, 4.69) is 17.0 Å². The molecule has 0 aliphatic carbocycles. The summed E-state index contributed by atoms with van der Waals surface area (Å²) in [6.07, 6.45) is 1.95. The monoisotopic (exact) mass is 502 g/mol. The molecule has 0 aromatic heterocycles. The van der Waals surface area contributed by atoms with Gasteiger partial charge in [0.15, 0.2) is 6.29 Å². The molecule has 37 heavy (non-hydrogen) atoms. The first-order valence-corrected chi connectivity index (χ1v) is 13.6. The molecule has 0 radical (unpaired) electrons. The minimum absolute atomic E-state index is 0.0833. The summed E-state index contributed by atoms with van der Waals surface area (Å²) >= 11 is 0. The number of rotatable bonds is 5. The largest absolute Gasteiger partial charge is 0.350 e. The molecule has 0 bridgehead atoms. The van der Waals surface area contributed by atoms with Crippen LogP contribution in [0.4, 0.5) is 4.39 Å². The lowest BCUT2D eigenvalue weighted by Gasteiger charge is -2.35. The zero-order valence-corrected chi connectivity index (χ0v) is 21.4. The minimum atomic E-state index is -0.262. The van der Waals surface area contributed by atoms with Crippen LogP contribution in [0.15, 0.2) is 66.7 Å². The van der Waals surface area contributed by atoms with Gasteiger partial charge in [-0.3, -0.25) is 4.79 Å². The van der Waals surface area contributed by atoms with Crippen LogP contribution in [-0.2, 0) is 9.47 Å². The van der Waals surface area contributed by atoms with E-state index in [0.29, 0.717) is 25.6 Å². The number of ether oxygens (including phenoxy) is 2. The van der Waals surface area contributed by atoms with Gasteiger partial charge in [0.1, 0.15) is 5.82 Å². The maximum absolute atomic E-state index is 13.8. The Morgan fingerprint density at radius 2 is 1.73 bits per heavy atom. The normalized spacial score (nSPS) is 27.2. The van der Waals surface area contributed by atoms with E-state index in [1.165, 1.54) is 5.56 Å². The van der Waals surface area contributed by atoms with Crippen LogP contribution in [0.25, 0.3) is 10.8 Å². The molecular weight excluding hydrogens is 467 g/mol. The van der Waals surface area contributed by atoms with Crippen molar-refractivity contribution < 1.29 is 18.7 Å². The first kappa shape index (κ1) is 24.5. The highest BCUT2D eigenvalue weighted by Gasteiger charge is 2.44.